The van der Waals surface area contributed by atoms with Gasteiger partial charge < -0.3 is 10.0 Å². The van der Waals surface area contributed by atoms with Gasteiger partial charge in [-0.3, -0.25) is 9.78 Å². The highest BCUT2D eigenvalue weighted by Crippen LogP contribution is 2.25. The largest absolute Gasteiger partial charge is 0.394 e. The predicted octanol–water partition coefficient (Wildman–Crippen LogP) is -1.33. The number of anilines is 1. The fourth-order valence-corrected chi connectivity index (χ4v) is 2.09. The Morgan fingerprint density at radius 1 is 1.56 bits per heavy atom. The zero-order valence-electron chi connectivity index (χ0n) is 8.93. The summed E-state index contributed by atoms with van der Waals surface area (Å²) in [4.78, 5) is 26.2. The van der Waals surface area contributed by atoms with Crippen LogP contribution in [0.3, 0.4) is 0 Å². The van der Waals surface area contributed by atoms with E-state index in [4.69, 9.17) is 0 Å². The van der Waals surface area contributed by atoms with Gasteiger partial charge in [0.1, 0.15) is 0 Å². The Morgan fingerprint density at radius 2 is 2.31 bits per heavy atom. The van der Waals surface area contributed by atoms with E-state index < -0.39 is 11.2 Å². The van der Waals surface area contributed by atoms with Crippen molar-refractivity contribution in [3.8, 4) is 0 Å². The molecule has 7 nitrogen and oxygen atoms in total. The summed E-state index contributed by atoms with van der Waals surface area (Å²) in [5, 5.41) is 15.2. The number of hydrogen-bond donors (Lipinski definition) is 3. The van der Waals surface area contributed by atoms with Crippen LogP contribution in [0.2, 0.25) is 0 Å². The first kappa shape index (κ1) is 10.9. The van der Waals surface area contributed by atoms with Crippen molar-refractivity contribution >= 4 is 5.82 Å². The van der Waals surface area contributed by atoms with E-state index in [1.807, 2.05) is 6.92 Å². The zero-order chi connectivity index (χ0) is 11.7. The molecule has 2 heterocycles. The first-order valence-corrected chi connectivity index (χ1v) is 5.20. The molecule has 1 aromatic heterocycles. The van der Waals surface area contributed by atoms with Crippen LogP contribution in [-0.2, 0) is 0 Å². The molecule has 7 heteroatoms. The molecule has 88 valence electrons. The van der Waals surface area contributed by atoms with E-state index in [1.165, 1.54) is 0 Å². The van der Waals surface area contributed by atoms with Crippen LogP contribution in [0.25, 0.3) is 0 Å². The van der Waals surface area contributed by atoms with Crippen molar-refractivity contribution in [3.63, 3.8) is 0 Å². The maximum Gasteiger partial charge on any atom is 0.342 e. The van der Waals surface area contributed by atoms with Crippen LogP contribution >= 0.6 is 0 Å². The Bertz CT molecular complexity index is 480. The third-order valence-corrected chi connectivity index (χ3v) is 3.04. The lowest BCUT2D eigenvalue weighted by Crippen LogP contribution is -2.41. The van der Waals surface area contributed by atoms with E-state index in [0.29, 0.717) is 12.5 Å². The number of aromatic amines is 2. The van der Waals surface area contributed by atoms with Gasteiger partial charge in [0, 0.05) is 6.54 Å². The molecule has 16 heavy (non-hydrogen) atoms. The van der Waals surface area contributed by atoms with E-state index in [0.717, 1.165) is 6.42 Å². The molecule has 0 aliphatic carbocycles. The van der Waals surface area contributed by atoms with Crippen molar-refractivity contribution in [2.24, 2.45) is 5.92 Å². The number of nitrogens with one attached hydrogen (secondary N) is 2. The third-order valence-electron chi connectivity index (χ3n) is 3.04. The van der Waals surface area contributed by atoms with Crippen LogP contribution in [-0.4, -0.2) is 39.5 Å². The van der Waals surface area contributed by atoms with Gasteiger partial charge in [-0.15, -0.1) is 5.10 Å². The molecule has 0 spiro atoms. The Kier molecular flexibility index (Phi) is 2.78. The van der Waals surface area contributed by atoms with Crippen molar-refractivity contribution in [2.75, 3.05) is 18.1 Å². The van der Waals surface area contributed by atoms with Gasteiger partial charge >= 0.3 is 5.69 Å². The van der Waals surface area contributed by atoms with Gasteiger partial charge in [0.05, 0.1) is 12.6 Å². The summed E-state index contributed by atoms with van der Waals surface area (Å²) in [5.74, 6) is 0.473. The van der Waals surface area contributed by atoms with Gasteiger partial charge in [0.25, 0.3) is 5.56 Å². The lowest BCUT2D eigenvalue weighted by atomic mass is 10.0. The molecule has 3 N–H and O–H groups in total. The fraction of sp³-hybridized carbons (Fsp3) is 0.667. The monoisotopic (exact) mass is 226 g/mol. The summed E-state index contributed by atoms with van der Waals surface area (Å²) in [6.45, 7) is 2.65. The minimum absolute atomic E-state index is 0.0264. The van der Waals surface area contributed by atoms with E-state index in [1.54, 1.807) is 4.90 Å². The Morgan fingerprint density at radius 3 is 2.94 bits per heavy atom. The molecule has 0 bridgehead atoms. The average molecular weight is 226 g/mol. The number of aliphatic hydroxyl groups is 1. The lowest BCUT2D eigenvalue weighted by molar-refractivity contribution is 0.244. The summed E-state index contributed by atoms with van der Waals surface area (Å²) in [5.41, 5.74) is -1.14. The Labute approximate surface area is 91.1 Å². The van der Waals surface area contributed by atoms with Crippen LogP contribution in [0.1, 0.15) is 13.3 Å². The third kappa shape index (κ3) is 1.73. The second-order valence-electron chi connectivity index (χ2n) is 4.04. The maximum atomic E-state index is 11.5. The van der Waals surface area contributed by atoms with Gasteiger partial charge in [0.15, 0.2) is 0 Å². The molecule has 1 aliphatic rings. The Balaban J connectivity index is 2.37. The van der Waals surface area contributed by atoms with E-state index in [-0.39, 0.29) is 18.5 Å². The topological polar surface area (TPSA) is 102 Å². The quantitative estimate of drug-likeness (QED) is 0.579. The van der Waals surface area contributed by atoms with Gasteiger partial charge in [-0.2, -0.15) is 0 Å². The highest BCUT2D eigenvalue weighted by Gasteiger charge is 2.32. The predicted molar refractivity (Wildman–Crippen MR) is 57.5 cm³/mol. The minimum atomic E-state index is -0.624. The highest BCUT2D eigenvalue weighted by atomic mass is 16.3. The van der Waals surface area contributed by atoms with Gasteiger partial charge in [0.2, 0.25) is 5.82 Å². The lowest BCUT2D eigenvalue weighted by Gasteiger charge is -2.24. The van der Waals surface area contributed by atoms with Crippen LogP contribution in [0, 0.1) is 5.92 Å². The normalized spacial score (nSPS) is 25.0. The Hall–Kier alpha value is -1.63. The molecule has 2 atom stereocenters. The van der Waals surface area contributed by atoms with Crippen molar-refractivity contribution in [2.45, 2.75) is 19.4 Å². The number of hydrogen-bond acceptors (Lipinski definition) is 5. The molecule has 1 saturated heterocycles. The van der Waals surface area contributed by atoms with Gasteiger partial charge in [-0.25, -0.2) is 9.89 Å². The molecular weight excluding hydrogens is 212 g/mol. The molecule has 0 saturated carbocycles. The molecule has 1 aliphatic heterocycles. The molecule has 2 unspecified atom stereocenters. The van der Waals surface area contributed by atoms with Crippen LogP contribution in [0.15, 0.2) is 9.59 Å². The second kappa shape index (κ2) is 4.09. The van der Waals surface area contributed by atoms with Crippen LogP contribution in [0.5, 0.6) is 0 Å². The van der Waals surface area contributed by atoms with Crippen molar-refractivity contribution in [1.82, 2.24) is 15.2 Å². The van der Waals surface area contributed by atoms with E-state index in [2.05, 4.69) is 15.2 Å². The molecule has 2 rings (SSSR count). The number of aliphatic hydroxyl groups excluding tert-OH is 1. The molecule has 1 aromatic rings. The van der Waals surface area contributed by atoms with Crippen LogP contribution < -0.4 is 16.1 Å². The van der Waals surface area contributed by atoms with Crippen molar-refractivity contribution in [1.29, 1.82) is 0 Å². The molecular formula is C9H14N4O3. The highest BCUT2D eigenvalue weighted by molar-refractivity contribution is 5.37. The standard InChI is InChI=1S/C9H14N4O3/c1-5-2-3-13(6(5)4-14)7-8(15)10-9(16)12-11-7/h5-6,14H,2-4H2,1H3,(H2,10,12,15,16). The number of rotatable bonds is 2. The summed E-state index contributed by atoms with van der Waals surface area (Å²) in [6.07, 6.45) is 0.894. The smallest absolute Gasteiger partial charge is 0.342 e. The fourth-order valence-electron chi connectivity index (χ4n) is 2.09. The second-order valence-corrected chi connectivity index (χ2v) is 4.04. The first-order valence-electron chi connectivity index (χ1n) is 5.20. The average Bonchev–Trinajstić information content (AvgIpc) is 2.59. The maximum absolute atomic E-state index is 11.5. The first-order chi connectivity index (χ1) is 7.63. The van der Waals surface area contributed by atoms with E-state index in [9.17, 15) is 14.7 Å². The summed E-state index contributed by atoms with van der Waals surface area (Å²) in [7, 11) is 0. The van der Waals surface area contributed by atoms with E-state index >= 15 is 0 Å². The SMILES string of the molecule is CC1CCN(c2n[nH]c(=O)[nH]c2=O)C1CO. The summed E-state index contributed by atoms with van der Waals surface area (Å²) in [6, 6.07) is -0.112. The summed E-state index contributed by atoms with van der Waals surface area (Å²) >= 11 is 0. The van der Waals surface area contributed by atoms with Crippen LogP contribution in [0.4, 0.5) is 5.82 Å². The zero-order valence-corrected chi connectivity index (χ0v) is 8.93. The molecule has 1 fully saturated rings. The number of nitrogens with zero attached hydrogens (tertiary/aromatic N) is 2. The van der Waals surface area contributed by atoms with Crippen molar-refractivity contribution in [3.05, 3.63) is 20.8 Å². The van der Waals surface area contributed by atoms with Crippen molar-refractivity contribution < 1.29 is 5.11 Å². The molecule has 0 radical (unpaired) electrons. The molecule has 0 aromatic carbocycles. The molecule has 0 amide bonds. The minimum Gasteiger partial charge on any atom is -0.394 e. The number of aromatic nitrogens is 3. The number of H-pyrrole nitrogens is 2. The van der Waals surface area contributed by atoms with Gasteiger partial charge in [-0.05, 0) is 12.3 Å². The van der Waals surface area contributed by atoms with Gasteiger partial charge in [-0.1, -0.05) is 6.92 Å². The summed E-state index contributed by atoms with van der Waals surface area (Å²) < 4.78 is 0.